The molecule has 1 amide bonds. The molecule has 5 heteroatoms. The van der Waals surface area contributed by atoms with E-state index in [4.69, 9.17) is 16.3 Å². The van der Waals surface area contributed by atoms with Crippen molar-refractivity contribution >= 4 is 23.2 Å². The number of aromatic nitrogens is 1. The van der Waals surface area contributed by atoms with E-state index in [0.29, 0.717) is 22.0 Å². The molecule has 0 radical (unpaired) electrons. The van der Waals surface area contributed by atoms with Crippen LogP contribution >= 0.6 is 11.6 Å². The molecule has 0 saturated heterocycles. The number of ether oxygens (including phenoxy) is 1. The Morgan fingerprint density at radius 1 is 1.09 bits per heavy atom. The average molecular weight is 327 g/mol. The molecule has 4 nitrogen and oxygen atoms in total. The lowest BCUT2D eigenvalue weighted by atomic mass is 10.2. The van der Waals surface area contributed by atoms with E-state index in [-0.39, 0.29) is 5.91 Å². The van der Waals surface area contributed by atoms with Crippen LogP contribution in [0.1, 0.15) is 10.4 Å². The van der Waals surface area contributed by atoms with Crippen molar-refractivity contribution in [3.05, 3.63) is 77.6 Å². The Hall–Kier alpha value is -2.72. The Balaban J connectivity index is 1.81. The Morgan fingerprint density at radius 2 is 1.87 bits per heavy atom. The average Bonchev–Trinajstić information content (AvgIpc) is 3.10. The SMILES string of the molecule is COc1ccc(NC(=O)c2cccc(-n3cccc3)c2)cc1Cl. The van der Waals surface area contributed by atoms with Gasteiger partial charge in [0.25, 0.3) is 5.91 Å². The van der Waals surface area contributed by atoms with Gasteiger partial charge in [-0.15, -0.1) is 0 Å². The van der Waals surface area contributed by atoms with Crippen LogP contribution in [0.3, 0.4) is 0 Å². The number of methoxy groups -OCH3 is 1. The van der Waals surface area contributed by atoms with Gasteiger partial charge in [-0.2, -0.15) is 0 Å². The second-order valence-corrected chi connectivity index (χ2v) is 5.35. The molecule has 0 spiro atoms. The number of benzene rings is 2. The van der Waals surface area contributed by atoms with E-state index in [1.54, 1.807) is 31.4 Å². The summed E-state index contributed by atoms with van der Waals surface area (Å²) >= 11 is 6.07. The van der Waals surface area contributed by atoms with Crippen molar-refractivity contribution < 1.29 is 9.53 Å². The quantitative estimate of drug-likeness (QED) is 0.772. The van der Waals surface area contributed by atoms with Crippen LogP contribution in [0, 0.1) is 0 Å². The number of anilines is 1. The van der Waals surface area contributed by atoms with Crippen LogP contribution in [-0.4, -0.2) is 17.6 Å². The van der Waals surface area contributed by atoms with Crippen LogP contribution in [0.2, 0.25) is 5.02 Å². The number of hydrogen-bond donors (Lipinski definition) is 1. The fraction of sp³-hybridized carbons (Fsp3) is 0.0556. The smallest absolute Gasteiger partial charge is 0.255 e. The fourth-order valence-corrected chi connectivity index (χ4v) is 2.52. The van der Waals surface area contributed by atoms with Gasteiger partial charge in [0.15, 0.2) is 0 Å². The molecular weight excluding hydrogens is 312 g/mol. The molecular formula is C18H15ClN2O2. The second kappa shape index (κ2) is 6.58. The third-order valence-electron chi connectivity index (χ3n) is 3.42. The summed E-state index contributed by atoms with van der Waals surface area (Å²) in [6.45, 7) is 0. The molecule has 1 N–H and O–H groups in total. The maximum absolute atomic E-state index is 12.4. The molecule has 0 atom stereocenters. The fourth-order valence-electron chi connectivity index (χ4n) is 2.26. The first-order valence-corrected chi connectivity index (χ1v) is 7.43. The number of carbonyl (C=O) groups is 1. The van der Waals surface area contributed by atoms with Gasteiger partial charge >= 0.3 is 0 Å². The Morgan fingerprint density at radius 3 is 2.57 bits per heavy atom. The molecule has 0 aliphatic heterocycles. The molecule has 0 saturated carbocycles. The van der Waals surface area contributed by atoms with Gasteiger partial charge in [0, 0.05) is 29.3 Å². The topological polar surface area (TPSA) is 43.3 Å². The van der Waals surface area contributed by atoms with E-state index in [0.717, 1.165) is 5.69 Å². The summed E-state index contributed by atoms with van der Waals surface area (Å²) < 4.78 is 7.04. The predicted molar refractivity (Wildman–Crippen MR) is 91.7 cm³/mol. The van der Waals surface area contributed by atoms with Gasteiger partial charge < -0.3 is 14.6 Å². The van der Waals surface area contributed by atoms with Gasteiger partial charge in [0.05, 0.1) is 12.1 Å². The summed E-state index contributed by atoms with van der Waals surface area (Å²) in [5.74, 6) is 0.375. The number of amides is 1. The summed E-state index contributed by atoms with van der Waals surface area (Å²) in [6, 6.07) is 16.4. The molecule has 3 rings (SSSR count). The monoisotopic (exact) mass is 326 g/mol. The largest absolute Gasteiger partial charge is 0.495 e. The van der Waals surface area contributed by atoms with E-state index in [1.807, 2.05) is 47.3 Å². The van der Waals surface area contributed by atoms with Crippen molar-refractivity contribution in [1.29, 1.82) is 0 Å². The highest BCUT2D eigenvalue weighted by atomic mass is 35.5. The van der Waals surface area contributed by atoms with E-state index in [9.17, 15) is 4.79 Å². The summed E-state index contributed by atoms with van der Waals surface area (Å²) in [7, 11) is 1.55. The molecule has 0 aliphatic carbocycles. The van der Waals surface area contributed by atoms with Crippen molar-refractivity contribution in [2.45, 2.75) is 0 Å². The highest BCUT2D eigenvalue weighted by Crippen LogP contribution is 2.27. The standard InChI is InChI=1S/C18H15ClN2O2/c1-23-17-8-7-14(12-16(17)19)20-18(22)13-5-4-6-15(11-13)21-9-2-3-10-21/h2-12H,1H3,(H,20,22). The van der Waals surface area contributed by atoms with Gasteiger partial charge in [-0.1, -0.05) is 17.7 Å². The predicted octanol–water partition coefficient (Wildman–Crippen LogP) is 4.39. The zero-order valence-corrected chi connectivity index (χ0v) is 13.2. The van der Waals surface area contributed by atoms with Crippen LogP contribution < -0.4 is 10.1 Å². The first kappa shape index (κ1) is 15.2. The summed E-state index contributed by atoms with van der Waals surface area (Å²) in [6.07, 6.45) is 3.86. The minimum atomic E-state index is -0.194. The molecule has 1 heterocycles. The molecule has 0 bridgehead atoms. The van der Waals surface area contributed by atoms with Gasteiger partial charge in [-0.3, -0.25) is 4.79 Å². The second-order valence-electron chi connectivity index (χ2n) is 4.94. The normalized spacial score (nSPS) is 10.3. The van der Waals surface area contributed by atoms with E-state index < -0.39 is 0 Å². The van der Waals surface area contributed by atoms with Gasteiger partial charge in [0.1, 0.15) is 5.75 Å². The molecule has 0 fully saturated rings. The Labute approximate surface area is 139 Å². The van der Waals surface area contributed by atoms with Crippen molar-refractivity contribution in [2.24, 2.45) is 0 Å². The molecule has 0 unspecified atom stereocenters. The summed E-state index contributed by atoms with van der Waals surface area (Å²) in [5, 5.41) is 3.29. The van der Waals surface area contributed by atoms with Gasteiger partial charge in [-0.05, 0) is 48.5 Å². The Kier molecular flexibility index (Phi) is 4.35. The van der Waals surface area contributed by atoms with E-state index in [1.165, 1.54) is 0 Å². The maximum atomic E-state index is 12.4. The first-order chi connectivity index (χ1) is 11.2. The van der Waals surface area contributed by atoms with Crippen molar-refractivity contribution in [3.63, 3.8) is 0 Å². The molecule has 3 aromatic rings. The molecule has 2 aromatic carbocycles. The number of carbonyl (C=O) groups excluding carboxylic acids is 1. The number of halogens is 1. The number of nitrogens with one attached hydrogen (secondary N) is 1. The highest BCUT2D eigenvalue weighted by molar-refractivity contribution is 6.32. The van der Waals surface area contributed by atoms with Crippen LogP contribution in [0.15, 0.2) is 67.0 Å². The van der Waals surface area contributed by atoms with Crippen molar-refractivity contribution in [2.75, 3.05) is 12.4 Å². The number of nitrogens with zero attached hydrogens (tertiary/aromatic N) is 1. The van der Waals surface area contributed by atoms with Crippen LogP contribution in [-0.2, 0) is 0 Å². The van der Waals surface area contributed by atoms with Gasteiger partial charge in [-0.25, -0.2) is 0 Å². The molecule has 116 valence electrons. The lowest BCUT2D eigenvalue weighted by molar-refractivity contribution is 0.102. The minimum absolute atomic E-state index is 0.194. The highest BCUT2D eigenvalue weighted by Gasteiger charge is 2.09. The zero-order chi connectivity index (χ0) is 16.2. The molecule has 23 heavy (non-hydrogen) atoms. The van der Waals surface area contributed by atoms with Crippen LogP contribution in [0.25, 0.3) is 5.69 Å². The molecule has 0 aliphatic rings. The third-order valence-corrected chi connectivity index (χ3v) is 3.72. The van der Waals surface area contributed by atoms with Gasteiger partial charge in [0.2, 0.25) is 0 Å². The lowest BCUT2D eigenvalue weighted by Gasteiger charge is -2.09. The van der Waals surface area contributed by atoms with E-state index >= 15 is 0 Å². The van der Waals surface area contributed by atoms with Crippen molar-refractivity contribution in [1.82, 2.24) is 4.57 Å². The van der Waals surface area contributed by atoms with Crippen LogP contribution in [0.4, 0.5) is 5.69 Å². The zero-order valence-electron chi connectivity index (χ0n) is 12.5. The minimum Gasteiger partial charge on any atom is -0.495 e. The summed E-state index contributed by atoms with van der Waals surface area (Å²) in [5.41, 5.74) is 2.12. The van der Waals surface area contributed by atoms with Crippen LogP contribution in [0.5, 0.6) is 5.75 Å². The molecule has 1 aromatic heterocycles. The number of hydrogen-bond acceptors (Lipinski definition) is 2. The van der Waals surface area contributed by atoms with Crippen molar-refractivity contribution in [3.8, 4) is 11.4 Å². The first-order valence-electron chi connectivity index (χ1n) is 7.05. The summed E-state index contributed by atoms with van der Waals surface area (Å²) in [4.78, 5) is 12.4. The lowest BCUT2D eigenvalue weighted by Crippen LogP contribution is -2.12. The third kappa shape index (κ3) is 3.38. The van der Waals surface area contributed by atoms with E-state index in [2.05, 4.69) is 5.32 Å². The number of rotatable bonds is 4. The Bertz CT molecular complexity index is 829. The maximum Gasteiger partial charge on any atom is 0.255 e.